The Morgan fingerprint density at radius 2 is 1.02 bits per heavy atom. The molecule has 0 saturated heterocycles. The summed E-state index contributed by atoms with van der Waals surface area (Å²) in [5.41, 5.74) is -1.43. The lowest BCUT2D eigenvalue weighted by molar-refractivity contribution is 0.472. The zero-order valence-electron chi connectivity index (χ0n) is 20.8. The Kier molecular flexibility index (Phi) is 8.20. The van der Waals surface area contributed by atoms with Gasteiger partial charge in [-0.25, -0.2) is 0 Å². The van der Waals surface area contributed by atoms with Crippen molar-refractivity contribution >= 4 is 74.0 Å². The minimum absolute atomic E-state index is 0.0928. The van der Waals surface area contributed by atoms with Gasteiger partial charge in [-0.2, -0.15) is 43.9 Å². The van der Waals surface area contributed by atoms with Gasteiger partial charge in [-0.15, -0.1) is 10.2 Å². The fourth-order valence-corrected chi connectivity index (χ4v) is 6.19. The Labute approximate surface area is 242 Å². The molecule has 0 atom stereocenters. The molecule has 0 aromatic heterocycles. The molecule has 4 aromatic rings. The van der Waals surface area contributed by atoms with Gasteiger partial charge in [-0.05, 0) is 54.6 Å². The van der Waals surface area contributed by atoms with Crippen LogP contribution in [0, 0.1) is 0 Å². The normalized spacial score (nSPS) is 13.3. The summed E-state index contributed by atoms with van der Waals surface area (Å²) in [5, 5.41) is 24.2. The molecule has 0 aliphatic heterocycles. The van der Waals surface area contributed by atoms with Gasteiger partial charge in [0.15, 0.2) is 5.75 Å². The van der Waals surface area contributed by atoms with Gasteiger partial charge in [0.2, 0.25) is 0 Å². The summed E-state index contributed by atoms with van der Waals surface area (Å²) in [6.07, 6.45) is 0. The molecule has 0 aliphatic rings. The fourth-order valence-electron chi connectivity index (χ4n) is 3.65. The lowest BCUT2D eigenvalue weighted by atomic mass is 10.1. The average molecular weight is 673 g/mol. The number of benzene rings is 4. The van der Waals surface area contributed by atoms with E-state index in [0.29, 0.717) is 6.07 Å². The van der Waals surface area contributed by atoms with Gasteiger partial charge in [0.25, 0.3) is 40.5 Å². The third-order valence-electron chi connectivity index (χ3n) is 5.50. The summed E-state index contributed by atoms with van der Waals surface area (Å²) in [6, 6.07) is 10.9. The molecular weight excluding hydrogens is 657 g/mol. The first kappa shape index (κ1) is 31.7. The minimum atomic E-state index is -5.08. The number of fused-ring (bicyclic) bond motifs is 1. The van der Waals surface area contributed by atoms with Crippen molar-refractivity contribution in [2.45, 2.75) is 19.6 Å². The maximum absolute atomic E-state index is 12.1. The van der Waals surface area contributed by atoms with Gasteiger partial charge in [0.05, 0.1) is 16.3 Å². The van der Waals surface area contributed by atoms with Crippen molar-refractivity contribution in [2.24, 2.45) is 20.5 Å². The van der Waals surface area contributed by atoms with Crippen molar-refractivity contribution in [2.75, 3.05) is 0 Å². The largest absolute Gasteiger partial charge is 0.505 e. The topological polar surface area (TPSA) is 287 Å². The number of phenolic OH excluding ortho intramolecular Hbond substituents is 1. The highest BCUT2D eigenvalue weighted by molar-refractivity contribution is 7.87. The summed E-state index contributed by atoms with van der Waals surface area (Å²) >= 11 is 0. The molecule has 0 unspecified atom stereocenters. The molecule has 0 amide bonds. The minimum Gasteiger partial charge on any atom is -0.505 e. The van der Waals surface area contributed by atoms with Gasteiger partial charge in [0.1, 0.15) is 26.1 Å². The maximum Gasteiger partial charge on any atom is 0.296 e. The second-order valence-corrected chi connectivity index (χ2v) is 14.0. The summed E-state index contributed by atoms with van der Waals surface area (Å²) in [4.78, 5) is -3.17. The zero-order chi connectivity index (χ0) is 32.0. The van der Waals surface area contributed by atoms with E-state index in [0.717, 1.165) is 48.5 Å². The summed E-state index contributed by atoms with van der Waals surface area (Å²) in [5.74, 6) is -1.02. The molecule has 4 rings (SSSR count). The van der Waals surface area contributed by atoms with E-state index >= 15 is 0 Å². The van der Waals surface area contributed by atoms with E-state index in [2.05, 4.69) is 20.5 Å². The second kappa shape index (κ2) is 11.1. The van der Waals surface area contributed by atoms with Crippen molar-refractivity contribution in [1.82, 2.24) is 0 Å². The molecule has 21 heteroatoms. The third kappa shape index (κ3) is 7.06. The molecule has 4 aromatic carbocycles. The van der Waals surface area contributed by atoms with Gasteiger partial charge in [-0.3, -0.25) is 18.2 Å². The van der Waals surface area contributed by atoms with Crippen LogP contribution < -0.4 is 0 Å². The first-order valence-electron chi connectivity index (χ1n) is 11.0. The van der Waals surface area contributed by atoms with Crippen molar-refractivity contribution in [3.8, 4) is 5.75 Å². The van der Waals surface area contributed by atoms with Crippen LogP contribution in [0.2, 0.25) is 0 Å². The molecule has 0 saturated carbocycles. The number of aromatic hydroxyl groups is 1. The first-order valence-corrected chi connectivity index (χ1v) is 16.8. The number of azo groups is 2. The zero-order valence-corrected chi connectivity index (χ0v) is 24.0. The van der Waals surface area contributed by atoms with E-state index in [1.165, 1.54) is 12.1 Å². The molecule has 0 heterocycles. The van der Waals surface area contributed by atoms with Crippen LogP contribution in [0.4, 0.5) is 22.7 Å². The lowest BCUT2D eigenvalue weighted by Gasteiger charge is -2.11. The first-order chi connectivity index (χ1) is 19.8. The predicted molar refractivity (Wildman–Crippen MR) is 146 cm³/mol. The number of phenols is 1. The average Bonchev–Trinajstić information content (AvgIpc) is 2.89. The van der Waals surface area contributed by atoms with Crippen molar-refractivity contribution in [1.29, 1.82) is 0 Å². The number of rotatable bonds is 8. The standard InChI is InChI=1S/C22H16N4O13S4/c27-22-17(11-19(42(34,35)36)15-2-1-3-18(21(15)22)41(31,32)33)26-25-16-9-6-13(10-20(16)43(37,38)39)24-23-12-4-7-14(8-5-12)40(28,29)30/h1-11,27H,(H,28,29,30)(H,31,32,33)(H,34,35,36)(H,37,38,39). The van der Waals surface area contributed by atoms with Crippen LogP contribution in [-0.4, -0.2) is 57.0 Å². The number of hydrogen-bond donors (Lipinski definition) is 5. The van der Waals surface area contributed by atoms with E-state index in [9.17, 15) is 52.4 Å². The van der Waals surface area contributed by atoms with Gasteiger partial charge < -0.3 is 5.11 Å². The summed E-state index contributed by atoms with van der Waals surface area (Å²) in [7, 11) is -19.6. The van der Waals surface area contributed by atoms with E-state index < -0.39 is 88.0 Å². The Hall–Kier alpha value is -4.22. The van der Waals surface area contributed by atoms with E-state index in [1.807, 2.05) is 0 Å². The van der Waals surface area contributed by atoms with Crippen LogP contribution in [0.1, 0.15) is 0 Å². The Balaban J connectivity index is 1.82. The third-order valence-corrected chi connectivity index (χ3v) is 9.04. The molecule has 0 radical (unpaired) electrons. The SMILES string of the molecule is O=S(=O)(O)c1ccc(N=Nc2ccc(N=Nc3cc(S(=O)(=O)O)c4cccc(S(=O)(=O)O)c4c3O)c(S(=O)(=O)O)c2)cc1. The molecular formula is C22H16N4O13S4. The second-order valence-electron chi connectivity index (χ2n) is 8.37. The maximum atomic E-state index is 12.1. The Bertz CT molecular complexity index is 2290. The highest BCUT2D eigenvalue weighted by atomic mass is 32.2. The molecule has 0 spiro atoms. The van der Waals surface area contributed by atoms with Crippen LogP contribution in [0.25, 0.3) is 10.8 Å². The van der Waals surface area contributed by atoms with Crippen molar-refractivity contribution in [3.63, 3.8) is 0 Å². The summed E-state index contributed by atoms with van der Waals surface area (Å²) in [6.45, 7) is 0. The molecule has 0 fully saturated rings. The Morgan fingerprint density at radius 1 is 0.488 bits per heavy atom. The molecule has 17 nitrogen and oxygen atoms in total. The number of hydrogen-bond acceptors (Lipinski definition) is 13. The monoisotopic (exact) mass is 672 g/mol. The van der Waals surface area contributed by atoms with Gasteiger partial charge >= 0.3 is 0 Å². The van der Waals surface area contributed by atoms with Crippen LogP contribution in [-0.2, 0) is 40.5 Å². The highest BCUT2D eigenvalue weighted by Gasteiger charge is 2.25. The van der Waals surface area contributed by atoms with E-state index in [1.54, 1.807) is 0 Å². The smallest absolute Gasteiger partial charge is 0.296 e. The Morgan fingerprint density at radius 3 is 1.58 bits per heavy atom. The molecule has 226 valence electrons. The summed E-state index contributed by atoms with van der Waals surface area (Å²) < 4.78 is 132. The van der Waals surface area contributed by atoms with E-state index in [4.69, 9.17) is 4.55 Å². The van der Waals surface area contributed by atoms with Gasteiger partial charge in [0, 0.05) is 10.8 Å². The molecule has 0 bridgehead atoms. The highest BCUT2D eigenvalue weighted by Crippen LogP contribution is 2.43. The van der Waals surface area contributed by atoms with E-state index in [-0.39, 0.29) is 11.4 Å². The fraction of sp³-hybridized carbons (Fsp3) is 0. The molecule has 5 N–H and O–H groups in total. The quantitative estimate of drug-likeness (QED) is 0.129. The van der Waals surface area contributed by atoms with Crippen molar-refractivity contribution < 1.29 is 57.0 Å². The lowest BCUT2D eigenvalue weighted by Crippen LogP contribution is -2.03. The molecule has 43 heavy (non-hydrogen) atoms. The number of nitrogens with zero attached hydrogens (tertiary/aromatic N) is 4. The van der Waals surface area contributed by atoms with Crippen LogP contribution in [0.15, 0.2) is 107 Å². The van der Waals surface area contributed by atoms with Crippen LogP contribution in [0.5, 0.6) is 5.75 Å². The predicted octanol–water partition coefficient (Wildman–Crippen LogP) is 4.36. The molecule has 0 aliphatic carbocycles. The van der Waals surface area contributed by atoms with Crippen LogP contribution in [0.3, 0.4) is 0 Å². The van der Waals surface area contributed by atoms with Crippen LogP contribution >= 0.6 is 0 Å². The van der Waals surface area contributed by atoms with Crippen molar-refractivity contribution in [3.05, 3.63) is 66.7 Å². The van der Waals surface area contributed by atoms with Gasteiger partial charge in [-0.1, -0.05) is 12.1 Å².